The van der Waals surface area contributed by atoms with Gasteiger partial charge in [-0.25, -0.2) is 10.2 Å². The number of carbonyl (C=O) groups is 2. The minimum atomic E-state index is -0.876. The molecule has 0 radical (unpaired) electrons. The van der Waals surface area contributed by atoms with Gasteiger partial charge in [-0.3, -0.25) is 4.79 Å². The summed E-state index contributed by atoms with van der Waals surface area (Å²) in [5.74, 6) is -0.447. The maximum atomic E-state index is 12.3. The highest BCUT2D eigenvalue weighted by Gasteiger charge is 2.16. The first kappa shape index (κ1) is 25.5. The van der Waals surface area contributed by atoms with Crippen molar-refractivity contribution in [1.29, 1.82) is 0 Å². The van der Waals surface area contributed by atoms with Gasteiger partial charge in [-0.1, -0.05) is 69.5 Å². The quantitative estimate of drug-likeness (QED) is 0.115. The smallest absolute Gasteiger partial charge is 0.336 e. The lowest BCUT2D eigenvalue weighted by Crippen LogP contribution is -2.33. The Hall–Kier alpha value is -3.13. The second kappa shape index (κ2) is 12.4. The zero-order valence-corrected chi connectivity index (χ0v) is 21.0. The van der Waals surface area contributed by atoms with Crippen LogP contribution in [0.3, 0.4) is 0 Å². The van der Waals surface area contributed by atoms with Crippen molar-refractivity contribution in [3.8, 4) is 11.5 Å². The molecule has 0 saturated heterocycles. The Morgan fingerprint density at radius 3 is 2.50 bits per heavy atom. The van der Waals surface area contributed by atoms with Crippen LogP contribution in [0.5, 0.6) is 11.5 Å². The zero-order valence-electron chi connectivity index (χ0n) is 17.9. The van der Waals surface area contributed by atoms with Gasteiger partial charge in [0.1, 0.15) is 11.5 Å². The number of amides is 1. The van der Waals surface area contributed by atoms with Gasteiger partial charge in [0.2, 0.25) is 0 Å². The van der Waals surface area contributed by atoms with Crippen LogP contribution in [0.15, 0.2) is 82.4 Å². The average molecular weight is 562 g/mol. The van der Waals surface area contributed by atoms with Gasteiger partial charge in [-0.2, -0.15) is 5.10 Å². The molecule has 0 aromatic heterocycles. The van der Waals surface area contributed by atoms with Gasteiger partial charge in [0, 0.05) is 21.1 Å². The number of esters is 1. The Balaban J connectivity index is 1.62. The van der Waals surface area contributed by atoms with Crippen LogP contribution in [-0.2, 0) is 9.59 Å². The van der Waals surface area contributed by atoms with Crippen LogP contribution < -0.4 is 14.9 Å². The Labute approximate surface area is 215 Å². The molecule has 6 nitrogen and oxygen atoms in total. The Morgan fingerprint density at radius 1 is 1.03 bits per heavy atom. The fourth-order valence-electron chi connectivity index (χ4n) is 2.66. The molecule has 0 fully saturated rings. The van der Waals surface area contributed by atoms with Crippen molar-refractivity contribution in [2.45, 2.75) is 13.0 Å². The van der Waals surface area contributed by atoms with Crippen molar-refractivity contribution >= 4 is 63.3 Å². The molecule has 174 valence electrons. The standard InChI is InChI=1S/C25H19BrCl2N2O4/c1-16(33-23-11-9-20(27)14-21(23)28)25(32)30-29-15-18-13-19(26)8-10-22(18)34-24(31)12-7-17-5-3-2-4-6-17/h2-16H,1H3,(H,30,32). The molecule has 34 heavy (non-hydrogen) atoms. The first-order valence-electron chi connectivity index (χ1n) is 10.0. The summed E-state index contributed by atoms with van der Waals surface area (Å²) in [5, 5.41) is 4.70. The third-order valence-electron chi connectivity index (χ3n) is 4.34. The second-order valence-electron chi connectivity index (χ2n) is 6.92. The summed E-state index contributed by atoms with van der Waals surface area (Å²) < 4.78 is 11.7. The number of benzene rings is 3. The van der Waals surface area contributed by atoms with Crippen molar-refractivity contribution < 1.29 is 19.1 Å². The van der Waals surface area contributed by atoms with Gasteiger partial charge >= 0.3 is 5.97 Å². The maximum absolute atomic E-state index is 12.3. The van der Waals surface area contributed by atoms with Crippen molar-refractivity contribution in [1.82, 2.24) is 5.43 Å². The number of nitrogens with zero attached hydrogens (tertiary/aromatic N) is 1. The van der Waals surface area contributed by atoms with Gasteiger partial charge in [0.05, 0.1) is 11.2 Å². The molecule has 0 heterocycles. The minimum Gasteiger partial charge on any atom is -0.479 e. The van der Waals surface area contributed by atoms with E-state index < -0.39 is 18.0 Å². The van der Waals surface area contributed by atoms with Gasteiger partial charge in [-0.15, -0.1) is 0 Å². The Kier molecular flexibility index (Phi) is 9.27. The van der Waals surface area contributed by atoms with Crippen molar-refractivity contribution in [2.24, 2.45) is 5.10 Å². The van der Waals surface area contributed by atoms with Crippen LogP contribution in [0.4, 0.5) is 0 Å². The zero-order chi connectivity index (χ0) is 24.5. The molecular weight excluding hydrogens is 543 g/mol. The maximum Gasteiger partial charge on any atom is 0.336 e. The van der Waals surface area contributed by atoms with Crippen LogP contribution in [0, 0.1) is 0 Å². The van der Waals surface area contributed by atoms with E-state index in [9.17, 15) is 9.59 Å². The van der Waals surface area contributed by atoms with Crippen LogP contribution in [-0.4, -0.2) is 24.2 Å². The highest BCUT2D eigenvalue weighted by Crippen LogP contribution is 2.28. The molecule has 9 heteroatoms. The summed E-state index contributed by atoms with van der Waals surface area (Å²) in [4.78, 5) is 24.6. The van der Waals surface area contributed by atoms with Crippen LogP contribution in [0.25, 0.3) is 6.08 Å². The van der Waals surface area contributed by atoms with Crippen molar-refractivity contribution in [2.75, 3.05) is 0 Å². The molecule has 0 aliphatic heterocycles. The topological polar surface area (TPSA) is 77.0 Å². The molecule has 0 aliphatic rings. The lowest BCUT2D eigenvalue weighted by molar-refractivity contribution is -0.129. The number of hydrogen-bond acceptors (Lipinski definition) is 5. The van der Waals surface area contributed by atoms with Gasteiger partial charge in [-0.05, 0) is 55.0 Å². The van der Waals surface area contributed by atoms with E-state index in [2.05, 4.69) is 26.5 Å². The molecule has 1 unspecified atom stereocenters. The van der Waals surface area contributed by atoms with Crippen LogP contribution in [0.1, 0.15) is 18.1 Å². The fourth-order valence-corrected chi connectivity index (χ4v) is 3.49. The third-order valence-corrected chi connectivity index (χ3v) is 5.36. The number of ether oxygens (including phenoxy) is 2. The minimum absolute atomic E-state index is 0.279. The van der Waals surface area contributed by atoms with E-state index in [4.69, 9.17) is 32.7 Å². The lowest BCUT2D eigenvalue weighted by atomic mass is 10.2. The Bertz CT molecular complexity index is 1230. The summed E-state index contributed by atoms with van der Waals surface area (Å²) in [7, 11) is 0. The predicted molar refractivity (Wildman–Crippen MR) is 138 cm³/mol. The number of rotatable bonds is 8. The SMILES string of the molecule is CC(Oc1ccc(Cl)cc1Cl)C(=O)NN=Cc1cc(Br)ccc1OC(=O)C=Cc1ccccc1. The summed E-state index contributed by atoms with van der Waals surface area (Å²) in [6.45, 7) is 1.56. The normalized spacial score (nSPS) is 12.0. The third kappa shape index (κ3) is 7.73. The van der Waals surface area contributed by atoms with E-state index in [1.807, 2.05) is 30.3 Å². The fraction of sp³-hybridized carbons (Fsp3) is 0.0800. The average Bonchev–Trinajstić information content (AvgIpc) is 2.81. The Morgan fingerprint density at radius 2 is 1.76 bits per heavy atom. The molecule has 1 amide bonds. The van der Waals surface area contributed by atoms with Crippen molar-refractivity contribution in [3.05, 3.63) is 98.5 Å². The summed E-state index contributed by atoms with van der Waals surface area (Å²) >= 11 is 15.3. The highest BCUT2D eigenvalue weighted by molar-refractivity contribution is 9.10. The van der Waals surface area contributed by atoms with Gasteiger partial charge in [0.15, 0.2) is 6.10 Å². The summed E-state index contributed by atoms with van der Waals surface area (Å²) in [5.41, 5.74) is 3.74. The second-order valence-corrected chi connectivity index (χ2v) is 8.68. The molecular formula is C25H19BrCl2N2O4. The number of hydrogen-bond donors (Lipinski definition) is 1. The van der Waals surface area contributed by atoms with E-state index in [1.54, 1.807) is 43.3 Å². The highest BCUT2D eigenvalue weighted by atomic mass is 79.9. The van der Waals surface area contributed by atoms with E-state index in [0.29, 0.717) is 16.3 Å². The molecule has 3 aromatic rings. The lowest BCUT2D eigenvalue weighted by Gasteiger charge is -2.14. The number of hydrazone groups is 1. The van der Waals surface area contributed by atoms with E-state index in [1.165, 1.54) is 18.4 Å². The summed E-state index contributed by atoms with van der Waals surface area (Å²) in [6, 6.07) is 19.1. The molecule has 0 aliphatic carbocycles. The largest absolute Gasteiger partial charge is 0.479 e. The number of halogens is 3. The van der Waals surface area contributed by atoms with Gasteiger partial charge < -0.3 is 9.47 Å². The molecule has 0 saturated carbocycles. The number of carbonyl (C=O) groups excluding carboxylic acids is 2. The molecule has 3 rings (SSSR count). The first-order valence-corrected chi connectivity index (χ1v) is 11.6. The molecule has 0 spiro atoms. The van der Waals surface area contributed by atoms with Crippen LogP contribution in [0.2, 0.25) is 10.0 Å². The molecule has 1 N–H and O–H groups in total. The van der Waals surface area contributed by atoms with Crippen LogP contribution >= 0.6 is 39.1 Å². The first-order chi connectivity index (χ1) is 16.3. The molecule has 0 bridgehead atoms. The van der Waals surface area contributed by atoms with E-state index in [0.717, 1.165) is 10.0 Å². The monoisotopic (exact) mass is 560 g/mol. The van der Waals surface area contributed by atoms with E-state index >= 15 is 0 Å². The molecule has 1 atom stereocenters. The van der Waals surface area contributed by atoms with E-state index in [-0.39, 0.29) is 10.8 Å². The predicted octanol–water partition coefficient (Wildman–Crippen LogP) is 6.29. The van der Waals surface area contributed by atoms with Crippen molar-refractivity contribution in [3.63, 3.8) is 0 Å². The van der Waals surface area contributed by atoms with Gasteiger partial charge in [0.25, 0.3) is 5.91 Å². The number of nitrogens with one attached hydrogen (secondary N) is 1. The summed E-state index contributed by atoms with van der Waals surface area (Å²) in [6.07, 6.45) is 3.48. The molecule has 3 aromatic carbocycles.